The summed E-state index contributed by atoms with van der Waals surface area (Å²) < 4.78 is 4.98. The van der Waals surface area contributed by atoms with Crippen molar-refractivity contribution in [2.24, 2.45) is 0 Å². The summed E-state index contributed by atoms with van der Waals surface area (Å²) in [6.45, 7) is 0. The van der Waals surface area contributed by atoms with Crippen molar-refractivity contribution in [3.05, 3.63) is 29.3 Å². The van der Waals surface area contributed by atoms with Crippen LogP contribution >= 0.6 is 15.9 Å². The van der Waals surface area contributed by atoms with Gasteiger partial charge in [0.1, 0.15) is 16.6 Å². The van der Waals surface area contributed by atoms with Crippen LogP contribution in [0.15, 0.2) is 18.2 Å². The minimum Gasteiger partial charge on any atom is -0.495 e. The van der Waals surface area contributed by atoms with E-state index in [1.165, 1.54) is 7.11 Å². The minimum absolute atomic E-state index is 0.388. The number of hydrogen-bond acceptors (Lipinski definition) is 3. The fourth-order valence-electron chi connectivity index (χ4n) is 1.05. The van der Waals surface area contributed by atoms with Crippen LogP contribution < -0.4 is 4.74 Å². The number of alkyl halides is 1. The molecule has 0 amide bonds. The molecule has 1 aromatic rings. The van der Waals surface area contributed by atoms with Crippen LogP contribution in [0.2, 0.25) is 0 Å². The van der Waals surface area contributed by atoms with Crippen molar-refractivity contribution in [1.82, 2.24) is 0 Å². The molecule has 0 saturated heterocycles. The van der Waals surface area contributed by atoms with Crippen molar-refractivity contribution in [3.63, 3.8) is 0 Å². The number of halogens is 1. The van der Waals surface area contributed by atoms with E-state index >= 15 is 0 Å². The van der Waals surface area contributed by atoms with E-state index < -0.39 is 0 Å². The smallest absolute Gasteiger partial charge is 0.136 e. The van der Waals surface area contributed by atoms with Gasteiger partial charge < -0.3 is 4.74 Å². The number of hydrogen-bond donors (Lipinski definition) is 0. The maximum Gasteiger partial charge on any atom is 0.136 e. The zero-order chi connectivity index (χ0) is 10.6. The summed E-state index contributed by atoms with van der Waals surface area (Å²) in [5, 5.41) is 17.5. The van der Waals surface area contributed by atoms with Crippen molar-refractivity contribution in [2.45, 2.75) is 4.83 Å². The van der Waals surface area contributed by atoms with Gasteiger partial charge >= 0.3 is 0 Å². The minimum atomic E-state index is -0.388. The van der Waals surface area contributed by atoms with Crippen molar-refractivity contribution in [1.29, 1.82) is 10.5 Å². The first-order chi connectivity index (χ1) is 6.72. The molecule has 0 spiro atoms. The summed E-state index contributed by atoms with van der Waals surface area (Å²) in [5.41, 5.74) is 1.19. The second kappa shape index (κ2) is 4.64. The Labute approximate surface area is 90.7 Å². The van der Waals surface area contributed by atoms with Gasteiger partial charge in [0.15, 0.2) is 0 Å². The number of ether oxygens (including phenoxy) is 1. The van der Waals surface area contributed by atoms with Crippen LogP contribution in [0.1, 0.15) is 16.0 Å². The number of nitriles is 2. The molecule has 0 heterocycles. The molecular weight excluding hydrogens is 244 g/mol. The standard InChI is InChI=1S/C10H7BrN2O/c1-14-10-3-2-7(9(11)6-13)4-8(10)5-12/h2-4,9H,1H3. The molecule has 0 aliphatic carbocycles. The second-order valence-electron chi connectivity index (χ2n) is 2.56. The van der Waals surface area contributed by atoms with Crippen LogP contribution in [0, 0.1) is 22.7 Å². The van der Waals surface area contributed by atoms with Gasteiger partial charge in [-0.3, -0.25) is 0 Å². The average Bonchev–Trinajstić information content (AvgIpc) is 2.26. The fraction of sp³-hybridized carbons (Fsp3) is 0.200. The van der Waals surface area contributed by atoms with Gasteiger partial charge in [-0.1, -0.05) is 22.0 Å². The molecule has 70 valence electrons. The van der Waals surface area contributed by atoms with Crippen LogP contribution in [-0.2, 0) is 0 Å². The van der Waals surface area contributed by atoms with Crippen molar-refractivity contribution in [3.8, 4) is 17.9 Å². The van der Waals surface area contributed by atoms with Crippen LogP contribution in [0.25, 0.3) is 0 Å². The molecule has 0 N–H and O–H groups in total. The SMILES string of the molecule is COc1ccc(C(Br)C#N)cc1C#N. The lowest BCUT2D eigenvalue weighted by molar-refractivity contribution is 0.413. The molecule has 4 heteroatoms. The number of methoxy groups -OCH3 is 1. The van der Waals surface area contributed by atoms with E-state index in [1.807, 2.05) is 12.1 Å². The first-order valence-electron chi connectivity index (χ1n) is 3.84. The number of benzene rings is 1. The molecule has 0 aliphatic heterocycles. The topological polar surface area (TPSA) is 56.8 Å². The summed E-state index contributed by atoms with van der Waals surface area (Å²) in [4.78, 5) is -0.388. The largest absolute Gasteiger partial charge is 0.495 e. The first kappa shape index (κ1) is 10.6. The Morgan fingerprint density at radius 3 is 2.64 bits per heavy atom. The molecule has 14 heavy (non-hydrogen) atoms. The third-order valence-corrected chi connectivity index (χ3v) is 2.48. The molecule has 0 aromatic heterocycles. The van der Waals surface area contributed by atoms with Crippen molar-refractivity contribution >= 4 is 15.9 Å². The van der Waals surface area contributed by atoms with E-state index in [-0.39, 0.29) is 4.83 Å². The van der Waals surface area contributed by atoms with Gasteiger partial charge in [-0.25, -0.2) is 0 Å². The van der Waals surface area contributed by atoms with E-state index in [1.54, 1.807) is 18.2 Å². The maximum atomic E-state index is 8.80. The Kier molecular flexibility index (Phi) is 3.50. The zero-order valence-electron chi connectivity index (χ0n) is 7.49. The summed E-state index contributed by atoms with van der Waals surface area (Å²) >= 11 is 3.18. The Hall–Kier alpha value is -1.52. The van der Waals surface area contributed by atoms with Crippen LogP contribution in [-0.4, -0.2) is 7.11 Å². The van der Waals surface area contributed by atoms with Gasteiger partial charge in [0, 0.05) is 0 Å². The average molecular weight is 251 g/mol. The highest BCUT2D eigenvalue weighted by molar-refractivity contribution is 9.09. The van der Waals surface area contributed by atoms with E-state index in [0.29, 0.717) is 11.3 Å². The Bertz CT molecular complexity index is 417. The third-order valence-electron chi connectivity index (χ3n) is 1.75. The van der Waals surface area contributed by atoms with Crippen LogP contribution in [0.4, 0.5) is 0 Å². The normalized spacial score (nSPS) is 11.1. The van der Waals surface area contributed by atoms with E-state index in [2.05, 4.69) is 15.9 Å². The van der Waals surface area contributed by atoms with Gasteiger partial charge in [0.05, 0.1) is 18.7 Å². The molecule has 1 atom stereocenters. The first-order valence-corrected chi connectivity index (χ1v) is 4.76. The lowest BCUT2D eigenvalue weighted by Crippen LogP contribution is -1.91. The molecule has 0 radical (unpaired) electrons. The molecule has 1 rings (SSSR count). The maximum absolute atomic E-state index is 8.80. The predicted octanol–water partition coefficient (Wildman–Crippen LogP) is 2.53. The zero-order valence-corrected chi connectivity index (χ0v) is 9.08. The highest BCUT2D eigenvalue weighted by Crippen LogP contribution is 2.26. The molecular formula is C10H7BrN2O. The van der Waals surface area contributed by atoms with Crippen LogP contribution in [0.5, 0.6) is 5.75 Å². The molecule has 0 bridgehead atoms. The fourth-order valence-corrected chi connectivity index (χ4v) is 1.33. The van der Waals surface area contributed by atoms with Gasteiger partial charge in [-0.2, -0.15) is 10.5 Å². The lowest BCUT2D eigenvalue weighted by Gasteiger charge is -2.05. The summed E-state index contributed by atoms with van der Waals surface area (Å²) in [6.07, 6.45) is 0. The highest BCUT2D eigenvalue weighted by Gasteiger charge is 2.09. The highest BCUT2D eigenvalue weighted by atomic mass is 79.9. The Balaban J connectivity index is 3.17. The molecule has 3 nitrogen and oxygen atoms in total. The summed E-state index contributed by atoms with van der Waals surface area (Å²) in [5.74, 6) is 0.522. The lowest BCUT2D eigenvalue weighted by atomic mass is 10.1. The van der Waals surface area contributed by atoms with Crippen molar-refractivity contribution < 1.29 is 4.74 Å². The molecule has 1 unspecified atom stereocenters. The molecule has 1 aromatic carbocycles. The second-order valence-corrected chi connectivity index (χ2v) is 3.48. The number of rotatable bonds is 2. The van der Waals surface area contributed by atoms with Gasteiger partial charge in [-0.05, 0) is 17.7 Å². The van der Waals surface area contributed by atoms with Crippen LogP contribution in [0.3, 0.4) is 0 Å². The Morgan fingerprint density at radius 1 is 1.43 bits per heavy atom. The summed E-state index contributed by atoms with van der Waals surface area (Å²) in [6, 6.07) is 9.12. The third kappa shape index (κ3) is 2.04. The van der Waals surface area contributed by atoms with E-state index in [9.17, 15) is 0 Å². The molecule has 0 saturated carbocycles. The van der Waals surface area contributed by atoms with Crippen molar-refractivity contribution in [2.75, 3.05) is 7.11 Å². The van der Waals surface area contributed by atoms with E-state index in [4.69, 9.17) is 15.3 Å². The van der Waals surface area contributed by atoms with E-state index in [0.717, 1.165) is 5.56 Å². The molecule has 0 aliphatic rings. The van der Waals surface area contributed by atoms with Gasteiger partial charge in [0.25, 0.3) is 0 Å². The van der Waals surface area contributed by atoms with Gasteiger partial charge in [-0.15, -0.1) is 0 Å². The summed E-state index contributed by atoms with van der Waals surface area (Å²) in [7, 11) is 1.51. The quantitative estimate of drug-likeness (QED) is 0.759. The Morgan fingerprint density at radius 2 is 2.14 bits per heavy atom. The van der Waals surface area contributed by atoms with Gasteiger partial charge in [0.2, 0.25) is 0 Å². The predicted molar refractivity (Wildman–Crippen MR) is 55.0 cm³/mol. The number of nitrogens with zero attached hydrogens (tertiary/aromatic N) is 2. The monoisotopic (exact) mass is 250 g/mol. The molecule has 0 fully saturated rings.